The summed E-state index contributed by atoms with van der Waals surface area (Å²) >= 11 is 0. The number of hydrogen-bond acceptors (Lipinski definition) is 6. The Morgan fingerprint density at radius 3 is 1.24 bits per heavy atom. The van der Waals surface area contributed by atoms with Gasteiger partial charge in [0.2, 0.25) is 5.95 Å². The van der Waals surface area contributed by atoms with E-state index in [-0.39, 0.29) is 21.1 Å². The molecule has 276 valence electrons. The van der Waals surface area contributed by atoms with E-state index >= 15 is 0 Å². The van der Waals surface area contributed by atoms with Crippen molar-refractivity contribution in [3.8, 4) is 29.1 Å². The quantitative estimate of drug-likeness (QED) is 0.148. The Bertz CT molecular complexity index is 3020. The van der Waals surface area contributed by atoms with Crippen molar-refractivity contribution < 1.29 is 21.1 Å². The van der Waals surface area contributed by atoms with Crippen molar-refractivity contribution >= 4 is 60.9 Å². The molecule has 0 bridgehead atoms. The number of nitriles is 1. The smallest absolute Gasteiger partial charge is 0.327 e. The molecule has 11 heteroatoms. The Morgan fingerprint density at radius 2 is 0.879 bits per heavy atom. The van der Waals surface area contributed by atoms with Gasteiger partial charge < -0.3 is 4.90 Å². The summed E-state index contributed by atoms with van der Waals surface area (Å²) in [4.78, 5) is 12.8. The van der Waals surface area contributed by atoms with Crippen LogP contribution in [0.1, 0.15) is 5.56 Å². The maximum absolute atomic E-state index is 11.3. The Hall–Kier alpha value is -7.60. The van der Waals surface area contributed by atoms with Crippen LogP contribution >= 0.6 is 0 Å². The maximum atomic E-state index is 11.3. The first kappa shape index (κ1) is 34.9. The SMILES string of the molecule is N#Cc1c(-n2c3ccccc3c3ccccc32)nc(N(c2[c-]c(-n3cccn3)ccc2)c2[c-]c(-n3cccn3)ccc2)nc1-n1c2ccccc2c2ccccc21.[Pt+2]. The minimum absolute atomic E-state index is 0. The third-order valence-electron chi connectivity index (χ3n) is 10.3. The van der Waals surface area contributed by atoms with E-state index in [2.05, 4.69) is 86.1 Å². The van der Waals surface area contributed by atoms with E-state index in [9.17, 15) is 5.26 Å². The van der Waals surface area contributed by atoms with Crippen molar-refractivity contribution in [3.05, 3.63) is 188 Å². The molecule has 11 rings (SSSR count). The summed E-state index contributed by atoms with van der Waals surface area (Å²) in [6.07, 6.45) is 7.23. The third kappa shape index (κ3) is 5.52. The van der Waals surface area contributed by atoms with Gasteiger partial charge in [-0.2, -0.15) is 37.6 Å². The Kier molecular flexibility index (Phi) is 8.51. The predicted molar refractivity (Wildman–Crippen MR) is 222 cm³/mol. The van der Waals surface area contributed by atoms with Crippen LogP contribution < -0.4 is 4.90 Å². The van der Waals surface area contributed by atoms with Gasteiger partial charge in [-0.05, 0) is 47.8 Å². The molecule has 0 aliphatic carbocycles. The van der Waals surface area contributed by atoms with E-state index in [4.69, 9.17) is 9.97 Å². The van der Waals surface area contributed by atoms with E-state index in [0.29, 0.717) is 34.5 Å². The largest absolute Gasteiger partial charge is 2.00 e. The number of para-hydroxylation sites is 4. The monoisotopic (exact) mass is 927 g/mol. The molecule has 0 saturated carbocycles. The number of fused-ring (bicyclic) bond motifs is 6. The third-order valence-corrected chi connectivity index (χ3v) is 10.3. The number of aromatic nitrogens is 8. The zero-order valence-electron chi connectivity index (χ0n) is 30.5. The summed E-state index contributed by atoms with van der Waals surface area (Å²) in [6, 6.07) is 58.1. The van der Waals surface area contributed by atoms with Crippen molar-refractivity contribution in [2.24, 2.45) is 0 Å². The number of hydrogen-bond donors (Lipinski definition) is 0. The van der Waals surface area contributed by atoms with Gasteiger partial charge in [0.15, 0.2) is 11.6 Å². The fraction of sp³-hybridized carbons (Fsp3) is 0. The summed E-state index contributed by atoms with van der Waals surface area (Å²) in [5.74, 6) is 1.19. The van der Waals surface area contributed by atoms with E-state index in [1.165, 1.54) is 0 Å². The van der Waals surface area contributed by atoms with E-state index < -0.39 is 0 Å². The standard InChI is InChI=1S/C47H28N10.Pt/c48-31-40-45(56-41-21-5-1-17-36(41)37-18-2-6-22-42(37)56)51-47(52-46(40)57-43-23-7-3-19-38(43)39-20-4-8-24-44(39)57)55(34-15-9-13-32(29-34)53-27-11-25-49-53)35-16-10-14-33(30-35)54-28-12-26-50-54;/h1-28H;/q-2;+2. The van der Waals surface area contributed by atoms with Crippen LogP contribution in [-0.4, -0.2) is 38.7 Å². The molecule has 11 aromatic rings. The topological polar surface area (TPSA) is 98.3 Å². The molecular formula is C47H28N10Pt. The van der Waals surface area contributed by atoms with Gasteiger partial charge in [0.05, 0.1) is 22.1 Å². The van der Waals surface area contributed by atoms with Crippen molar-refractivity contribution in [1.29, 1.82) is 5.26 Å². The molecule has 0 amide bonds. The van der Waals surface area contributed by atoms with Crippen molar-refractivity contribution in [1.82, 2.24) is 38.7 Å². The number of rotatable bonds is 7. The number of anilines is 3. The van der Waals surface area contributed by atoms with E-state index in [0.717, 1.165) is 55.0 Å². The molecule has 0 saturated heterocycles. The minimum Gasteiger partial charge on any atom is -0.327 e. The molecule has 6 aromatic carbocycles. The molecule has 0 radical (unpaired) electrons. The Balaban J connectivity index is 0.00000408. The van der Waals surface area contributed by atoms with Crippen LogP contribution in [0.4, 0.5) is 17.3 Å². The molecule has 0 aliphatic rings. The second kappa shape index (κ2) is 14.2. The summed E-state index contributed by atoms with van der Waals surface area (Å²) in [7, 11) is 0. The number of benzene rings is 6. The molecule has 5 heterocycles. The molecule has 0 N–H and O–H groups in total. The van der Waals surface area contributed by atoms with Crippen LogP contribution in [0, 0.1) is 23.5 Å². The van der Waals surface area contributed by atoms with Gasteiger partial charge in [0.1, 0.15) is 11.6 Å². The Morgan fingerprint density at radius 1 is 0.483 bits per heavy atom. The van der Waals surface area contributed by atoms with Crippen LogP contribution in [0.15, 0.2) is 170 Å². The predicted octanol–water partition coefficient (Wildman–Crippen LogP) is 9.98. The van der Waals surface area contributed by atoms with Crippen molar-refractivity contribution in [3.63, 3.8) is 0 Å². The van der Waals surface area contributed by atoms with Crippen molar-refractivity contribution in [2.45, 2.75) is 0 Å². The second-order valence-electron chi connectivity index (χ2n) is 13.5. The van der Waals surface area contributed by atoms with Gasteiger partial charge in [-0.25, -0.2) is 0 Å². The molecule has 58 heavy (non-hydrogen) atoms. The summed E-state index contributed by atoms with van der Waals surface area (Å²) < 4.78 is 7.69. The fourth-order valence-corrected chi connectivity index (χ4v) is 7.84. The van der Waals surface area contributed by atoms with Gasteiger partial charge in [0, 0.05) is 46.3 Å². The molecule has 0 spiro atoms. The van der Waals surface area contributed by atoms with Gasteiger partial charge in [0.25, 0.3) is 0 Å². The molecule has 5 aromatic heterocycles. The van der Waals surface area contributed by atoms with Crippen LogP contribution in [-0.2, 0) is 21.1 Å². The molecule has 0 aliphatic heterocycles. The summed E-state index contributed by atoms with van der Waals surface area (Å²) in [5, 5.41) is 24.5. The maximum Gasteiger partial charge on any atom is 2.00 e. The zero-order valence-corrected chi connectivity index (χ0v) is 32.7. The normalized spacial score (nSPS) is 11.3. The van der Waals surface area contributed by atoms with Crippen LogP contribution in [0.3, 0.4) is 0 Å². The van der Waals surface area contributed by atoms with Gasteiger partial charge in [-0.1, -0.05) is 84.2 Å². The average molecular weight is 928 g/mol. The number of nitrogens with zero attached hydrogens (tertiary/aromatic N) is 10. The van der Waals surface area contributed by atoms with Crippen LogP contribution in [0.5, 0.6) is 0 Å². The second-order valence-corrected chi connectivity index (χ2v) is 13.5. The molecule has 0 atom stereocenters. The fourth-order valence-electron chi connectivity index (χ4n) is 7.84. The van der Waals surface area contributed by atoms with Gasteiger partial charge >= 0.3 is 21.1 Å². The Labute approximate surface area is 346 Å². The zero-order chi connectivity index (χ0) is 37.9. The van der Waals surface area contributed by atoms with Crippen LogP contribution in [0.2, 0.25) is 0 Å². The van der Waals surface area contributed by atoms with E-state index in [1.807, 2.05) is 114 Å². The summed E-state index contributed by atoms with van der Waals surface area (Å²) in [6.45, 7) is 0. The van der Waals surface area contributed by atoms with Gasteiger partial charge in [-0.15, -0.1) is 36.4 Å². The molecular weight excluding hydrogens is 900 g/mol. The van der Waals surface area contributed by atoms with Crippen molar-refractivity contribution in [2.75, 3.05) is 4.90 Å². The first-order valence-electron chi connectivity index (χ1n) is 18.4. The van der Waals surface area contributed by atoms with E-state index in [1.54, 1.807) is 21.8 Å². The first-order valence-corrected chi connectivity index (χ1v) is 18.4. The molecule has 10 nitrogen and oxygen atoms in total. The minimum atomic E-state index is 0. The summed E-state index contributed by atoms with van der Waals surface area (Å²) in [5.41, 5.74) is 6.72. The molecule has 0 unspecified atom stereocenters. The first-order chi connectivity index (χ1) is 28.2. The average Bonchev–Trinajstić information content (AvgIpc) is 4.10. The molecule has 0 fully saturated rings. The van der Waals surface area contributed by atoms with Gasteiger partial charge in [-0.3, -0.25) is 18.5 Å². The van der Waals surface area contributed by atoms with Crippen LogP contribution in [0.25, 0.3) is 66.6 Å².